The van der Waals surface area contributed by atoms with E-state index in [2.05, 4.69) is 10.0 Å². The Morgan fingerprint density at radius 1 is 0.921 bits per heavy atom. The van der Waals surface area contributed by atoms with Crippen LogP contribution in [0.4, 0.5) is 4.39 Å². The Bertz CT molecular complexity index is 1340. The molecule has 7 nitrogen and oxygen atoms in total. The van der Waals surface area contributed by atoms with Gasteiger partial charge in [-0.3, -0.25) is 9.59 Å². The molecule has 0 aliphatic heterocycles. The predicted molar refractivity (Wildman–Crippen MR) is 143 cm³/mol. The summed E-state index contributed by atoms with van der Waals surface area (Å²) in [5.41, 5.74) is 2.47. The van der Waals surface area contributed by atoms with Crippen molar-refractivity contribution in [1.29, 1.82) is 0 Å². The number of sulfonamides is 1. The van der Waals surface area contributed by atoms with Crippen LogP contribution in [0.5, 0.6) is 0 Å². The topological polar surface area (TPSA) is 95.6 Å². The van der Waals surface area contributed by atoms with Crippen LogP contribution in [-0.4, -0.2) is 37.2 Å². The monoisotopic (exact) mass is 537 g/mol. The number of nitrogens with one attached hydrogen (secondary N) is 2. The van der Waals surface area contributed by atoms with E-state index >= 15 is 0 Å². The fourth-order valence-electron chi connectivity index (χ4n) is 4.02. The van der Waals surface area contributed by atoms with E-state index in [0.29, 0.717) is 18.5 Å². The van der Waals surface area contributed by atoms with Gasteiger partial charge in [-0.2, -0.15) is 0 Å². The fraction of sp³-hybridized carbons (Fsp3) is 0.310. The Labute approximate surface area is 223 Å². The molecule has 1 aliphatic rings. The van der Waals surface area contributed by atoms with Crippen LogP contribution in [0.3, 0.4) is 0 Å². The average Bonchev–Trinajstić information content (AvgIpc) is 3.74. The van der Waals surface area contributed by atoms with Crippen molar-refractivity contribution < 1.29 is 22.4 Å². The molecule has 0 bridgehead atoms. The van der Waals surface area contributed by atoms with Gasteiger partial charge in [0.05, 0.1) is 4.90 Å². The molecule has 38 heavy (non-hydrogen) atoms. The van der Waals surface area contributed by atoms with Gasteiger partial charge in [0.15, 0.2) is 0 Å². The molecule has 200 valence electrons. The lowest BCUT2D eigenvalue weighted by molar-refractivity contribution is -0.140. The van der Waals surface area contributed by atoms with Crippen molar-refractivity contribution in [3.05, 3.63) is 101 Å². The molecular weight excluding hydrogens is 505 g/mol. The van der Waals surface area contributed by atoms with Crippen molar-refractivity contribution in [2.45, 2.75) is 62.7 Å². The summed E-state index contributed by atoms with van der Waals surface area (Å²) in [6.45, 7) is 2.17. The number of rotatable bonds is 12. The average molecular weight is 538 g/mol. The van der Waals surface area contributed by atoms with Crippen LogP contribution in [0.25, 0.3) is 0 Å². The number of aryl methyl sites for hydroxylation is 1. The standard InChI is InChI=1S/C29H32FN3O4S/c1-21(29(35)31-19-23-5-3-2-4-6-23)33(20-24-7-12-25(30)13-8-24)28(34)18-11-22-9-16-27(17-10-22)38(36,37)32-26-14-15-26/h2-10,12-13,16-17,21,26,32H,11,14-15,18-20H2,1H3,(H,31,35)/t21-/m0/s1. The molecule has 0 spiro atoms. The Morgan fingerprint density at radius 3 is 2.18 bits per heavy atom. The lowest BCUT2D eigenvalue weighted by atomic mass is 10.1. The number of hydrogen-bond donors (Lipinski definition) is 2. The Hall–Kier alpha value is -3.56. The first-order chi connectivity index (χ1) is 18.2. The van der Waals surface area contributed by atoms with Gasteiger partial charge in [-0.1, -0.05) is 54.6 Å². The van der Waals surface area contributed by atoms with Gasteiger partial charge in [-0.25, -0.2) is 17.5 Å². The summed E-state index contributed by atoms with van der Waals surface area (Å²) in [4.78, 5) is 28.0. The fourth-order valence-corrected chi connectivity index (χ4v) is 5.33. The number of halogens is 1. The van der Waals surface area contributed by atoms with Gasteiger partial charge in [0.25, 0.3) is 0 Å². The number of carbonyl (C=O) groups is 2. The van der Waals surface area contributed by atoms with Gasteiger partial charge < -0.3 is 10.2 Å². The van der Waals surface area contributed by atoms with Crippen LogP contribution < -0.4 is 10.0 Å². The van der Waals surface area contributed by atoms with Crippen LogP contribution in [0.1, 0.15) is 42.9 Å². The molecule has 0 aromatic heterocycles. The molecule has 0 heterocycles. The van der Waals surface area contributed by atoms with Crippen LogP contribution in [0.15, 0.2) is 83.8 Å². The SMILES string of the molecule is C[C@@H](C(=O)NCc1ccccc1)N(Cc1ccc(F)cc1)C(=O)CCc1ccc(S(=O)(=O)NC2CC2)cc1. The Kier molecular flexibility index (Phi) is 8.91. The van der Waals surface area contributed by atoms with Crippen LogP contribution in [0.2, 0.25) is 0 Å². The molecule has 1 saturated carbocycles. The number of amides is 2. The first kappa shape index (κ1) is 27.5. The third-order valence-corrected chi connectivity index (χ3v) is 8.04. The molecule has 1 fully saturated rings. The minimum absolute atomic E-state index is 0.0243. The molecule has 1 aliphatic carbocycles. The first-order valence-electron chi connectivity index (χ1n) is 12.7. The Balaban J connectivity index is 1.41. The molecule has 3 aromatic carbocycles. The maximum Gasteiger partial charge on any atom is 0.242 e. The zero-order valence-corrected chi connectivity index (χ0v) is 22.1. The summed E-state index contributed by atoms with van der Waals surface area (Å²) in [6, 6.07) is 21.1. The van der Waals surface area contributed by atoms with Gasteiger partial charge in [-0.05, 0) is 67.1 Å². The zero-order valence-electron chi connectivity index (χ0n) is 21.3. The molecule has 1 atom stereocenters. The summed E-state index contributed by atoms with van der Waals surface area (Å²) in [6.07, 6.45) is 2.23. The normalized spacial score (nSPS) is 14.1. The van der Waals surface area contributed by atoms with E-state index in [1.54, 1.807) is 43.3 Å². The first-order valence-corrected chi connectivity index (χ1v) is 14.2. The van der Waals surface area contributed by atoms with Crippen molar-refractivity contribution in [3.8, 4) is 0 Å². The van der Waals surface area contributed by atoms with Crippen LogP contribution in [-0.2, 0) is 39.1 Å². The van der Waals surface area contributed by atoms with E-state index in [0.717, 1.165) is 24.0 Å². The van der Waals surface area contributed by atoms with Gasteiger partial charge in [0, 0.05) is 25.6 Å². The largest absolute Gasteiger partial charge is 0.350 e. The number of hydrogen-bond acceptors (Lipinski definition) is 4. The van der Waals surface area contributed by atoms with Gasteiger partial charge in [-0.15, -0.1) is 0 Å². The van der Waals surface area contributed by atoms with E-state index in [1.807, 2.05) is 30.3 Å². The third kappa shape index (κ3) is 7.72. The molecule has 0 unspecified atom stereocenters. The van der Waals surface area contributed by atoms with Gasteiger partial charge >= 0.3 is 0 Å². The maximum absolute atomic E-state index is 13.4. The molecule has 9 heteroatoms. The molecular formula is C29H32FN3O4S. The van der Waals surface area contributed by atoms with Crippen molar-refractivity contribution in [1.82, 2.24) is 14.9 Å². The van der Waals surface area contributed by atoms with Crippen molar-refractivity contribution >= 4 is 21.8 Å². The lowest BCUT2D eigenvalue weighted by Gasteiger charge is -2.29. The van der Waals surface area contributed by atoms with Crippen molar-refractivity contribution in [3.63, 3.8) is 0 Å². The number of carbonyl (C=O) groups excluding carboxylic acids is 2. The summed E-state index contributed by atoms with van der Waals surface area (Å²) < 4.78 is 40.9. The minimum atomic E-state index is -3.54. The number of nitrogens with zero attached hydrogens (tertiary/aromatic N) is 1. The predicted octanol–water partition coefficient (Wildman–Crippen LogP) is 3.93. The number of benzene rings is 3. The van der Waals surface area contributed by atoms with Crippen LogP contribution in [0, 0.1) is 5.82 Å². The van der Waals surface area contributed by atoms with E-state index in [1.165, 1.54) is 17.0 Å². The van der Waals surface area contributed by atoms with Crippen LogP contribution >= 0.6 is 0 Å². The summed E-state index contributed by atoms with van der Waals surface area (Å²) in [5.74, 6) is -0.899. The molecule has 2 amide bonds. The second-order valence-corrected chi connectivity index (χ2v) is 11.3. The molecule has 0 saturated heterocycles. The van der Waals surface area contributed by atoms with Crippen molar-refractivity contribution in [2.75, 3.05) is 0 Å². The molecule has 4 rings (SSSR count). The molecule has 0 radical (unpaired) electrons. The maximum atomic E-state index is 13.4. The third-order valence-electron chi connectivity index (χ3n) is 6.50. The summed E-state index contributed by atoms with van der Waals surface area (Å²) in [7, 11) is -3.54. The highest BCUT2D eigenvalue weighted by molar-refractivity contribution is 7.89. The Morgan fingerprint density at radius 2 is 1.55 bits per heavy atom. The quantitative estimate of drug-likeness (QED) is 0.366. The van der Waals surface area contributed by atoms with E-state index < -0.39 is 16.1 Å². The smallest absolute Gasteiger partial charge is 0.242 e. The second-order valence-electron chi connectivity index (χ2n) is 9.57. The summed E-state index contributed by atoms with van der Waals surface area (Å²) in [5, 5.41) is 2.89. The van der Waals surface area contributed by atoms with E-state index in [-0.39, 0.29) is 41.5 Å². The van der Waals surface area contributed by atoms with E-state index in [4.69, 9.17) is 0 Å². The van der Waals surface area contributed by atoms with E-state index in [9.17, 15) is 22.4 Å². The van der Waals surface area contributed by atoms with Gasteiger partial charge in [0.1, 0.15) is 11.9 Å². The summed E-state index contributed by atoms with van der Waals surface area (Å²) >= 11 is 0. The zero-order chi connectivity index (χ0) is 27.1. The highest BCUT2D eigenvalue weighted by atomic mass is 32.2. The lowest BCUT2D eigenvalue weighted by Crippen LogP contribution is -2.47. The van der Waals surface area contributed by atoms with Gasteiger partial charge in [0.2, 0.25) is 21.8 Å². The molecule has 3 aromatic rings. The highest BCUT2D eigenvalue weighted by Gasteiger charge is 2.28. The molecule has 2 N–H and O–H groups in total. The second kappa shape index (κ2) is 12.3. The minimum Gasteiger partial charge on any atom is -0.350 e. The van der Waals surface area contributed by atoms with Crippen molar-refractivity contribution in [2.24, 2.45) is 0 Å². The highest BCUT2D eigenvalue weighted by Crippen LogP contribution is 2.22.